The highest BCUT2D eigenvalue weighted by molar-refractivity contribution is 5.53. The molecule has 0 heterocycles. The molecule has 2 aromatic carbocycles. The molecule has 1 unspecified atom stereocenters. The molecule has 0 fully saturated rings. The zero-order valence-electron chi connectivity index (χ0n) is 11.6. The van der Waals surface area contributed by atoms with Gasteiger partial charge in [0.15, 0.2) is 0 Å². The number of aryl methyl sites for hydroxylation is 1. The molecule has 0 radical (unpaired) electrons. The van der Waals surface area contributed by atoms with Crippen LogP contribution in [-0.2, 0) is 0 Å². The molecule has 21 heavy (non-hydrogen) atoms. The smallest absolute Gasteiger partial charge is 0.271 e. The fraction of sp³-hybridized carbons (Fsp3) is 0.200. The van der Waals surface area contributed by atoms with Crippen molar-refractivity contribution in [3.8, 4) is 0 Å². The molecule has 0 aliphatic carbocycles. The zero-order chi connectivity index (χ0) is 15.6. The Morgan fingerprint density at radius 2 is 1.86 bits per heavy atom. The predicted octanol–water partition coefficient (Wildman–Crippen LogP) is 4.35. The first-order valence-electron chi connectivity index (χ1n) is 6.35. The van der Waals surface area contributed by atoms with Crippen LogP contribution in [0.3, 0.4) is 0 Å². The summed E-state index contributed by atoms with van der Waals surface area (Å²) in [7, 11) is 0. The van der Waals surface area contributed by atoms with Crippen LogP contribution in [0.15, 0.2) is 36.4 Å². The number of hydrogen-bond acceptors (Lipinski definition) is 3. The van der Waals surface area contributed by atoms with Gasteiger partial charge in [-0.25, -0.2) is 8.78 Å². The summed E-state index contributed by atoms with van der Waals surface area (Å²) < 4.78 is 27.2. The Bertz CT molecular complexity index is 689. The minimum Gasteiger partial charge on any atom is -0.376 e. The molecule has 0 aromatic heterocycles. The quantitative estimate of drug-likeness (QED) is 0.673. The van der Waals surface area contributed by atoms with Gasteiger partial charge in [0.1, 0.15) is 11.6 Å². The first kappa shape index (κ1) is 14.9. The number of benzene rings is 2. The van der Waals surface area contributed by atoms with Gasteiger partial charge in [0.05, 0.1) is 10.6 Å². The fourth-order valence-corrected chi connectivity index (χ4v) is 1.93. The molecule has 4 nitrogen and oxygen atoms in total. The Hall–Kier alpha value is -2.50. The van der Waals surface area contributed by atoms with Crippen molar-refractivity contribution in [2.75, 3.05) is 5.32 Å². The second-order valence-electron chi connectivity index (χ2n) is 4.80. The Morgan fingerprint density at radius 1 is 1.14 bits per heavy atom. The number of nitro groups is 1. The van der Waals surface area contributed by atoms with Gasteiger partial charge in [-0.15, -0.1) is 0 Å². The molecule has 0 aliphatic rings. The van der Waals surface area contributed by atoms with Gasteiger partial charge in [0.2, 0.25) is 0 Å². The van der Waals surface area contributed by atoms with Gasteiger partial charge >= 0.3 is 0 Å². The number of non-ortho nitro benzene ring substituents is 1. The molecule has 2 rings (SSSR count). The third kappa shape index (κ3) is 3.34. The van der Waals surface area contributed by atoms with Crippen molar-refractivity contribution in [1.82, 2.24) is 0 Å². The van der Waals surface area contributed by atoms with Crippen LogP contribution in [0, 0.1) is 28.7 Å². The summed E-state index contributed by atoms with van der Waals surface area (Å²) in [5.41, 5.74) is 0.954. The maximum absolute atomic E-state index is 13.7. The highest BCUT2D eigenvalue weighted by atomic mass is 19.1. The third-order valence-corrected chi connectivity index (χ3v) is 3.23. The number of halogens is 2. The van der Waals surface area contributed by atoms with E-state index in [9.17, 15) is 18.9 Å². The van der Waals surface area contributed by atoms with Gasteiger partial charge < -0.3 is 5.32 Å². The molecule has 0 spiro atoms. The molecule has 1 atom stereocenters. The number of hydrogen-bond donors (Lipinski definition) is 1. The maximum atomic E-state index is 13.7. The Morgan fingerprint density at radius 3 is 2.48 bits per heavy atom. The average molecular weight is 292 g/mol. The number of nitrogens with one attached hydrogen (secondary N) is 1. The SMILES string of the molecule is Cc1ccc(C(C)Nc2cc([N+](=O)[O-])ccc2F)cc1F. The third-order valence-electron chi connectivity index (χ3n) is 3.23. The van der Waals surface area contributed by atoms with E-state index < -0.39 is 16.8 Å². The predicted molar refractivity (Wildman–Crippen MR) is 76.2 cm³/mol. The first-order valence-corrected chi connectivity index (χ1v) is 6.35. The van der Waals surface area contributed by atoms with Crippen LogP contribution >= 0.6 is 0 Å². The lowest BCUT2D eigenvalue weighted by Crippen LogP contribution is -2.09. The monoisotopic (exact) mass is 292 g/mol. The van der Waals surface area contributed by atoms with Crippen molar-refractivity contribution < 1.29 is 13.7 Å². The molecular formula is C15H14F2N2O2. The van der Waals surface area contributed by atoms with E-state index in [1.54, 1.807) is 26.0 Å². The fourth-order valence-electron chi connectivity index (χ4n) is 1.93. The van der Waals surface area contributed by atoms with Crippen molar-refractivity contribution in [3.05, 3.63) is 69.3 Å². The van der Waals surface area contributed by atoms with Gasteiger partial charge in [-0.2, -0.15) is 0 Å². The molecule has 0 bridgehead atoms. The Balaban J connectivity index is 2.26. The van der Waals surface area contributed by atoms with Crippen molar-refractivity contribution >= 4 is 11.4 Å². The molecule has 1 N–H and O–H groups in total. The minimum absolute atomic E-state index is 0.0117. The lowest BCUT2D eigenvalue weighted by atomic mass is 10.1. The van der Waals surface area contributed by atoms with Crippen molar-refractivity contribution in [2.24, 2.45) is 0 Å². The zero-order valence-corrected chi connectivity index (χ0v) is 11.6. The van der Waals surface area contributed by atoms with E-state index in [1.807, 2.05) is 0 Å². The molecular weight excluding hydrogens is 278 g/mol. The molecule has 2 aromatic rings. The van der Waals surface area contributed by atoms with Crippen LogP contribution in [0.5, 0.6) is 0 Å². The van der Waals surface area contributed by atoms with E-state index in [4.69, 9.17) is 0 Å². The number of nitro benzene ring substituents is 1. The normalized spacial score (nSPS) is 12.0. The standard InChI is InChI=1S/C15H14F2N2O2/c1-9-3-4-11(7-14(9)17)10(2)18-15-8-12(19(20)21)5-6-13(15)16/h3-8,10,18H,1-2H3. The molecule has 0 saturated heterocycles. The summed E-state index contributed by atoms with van der Waals surface area (Å²) in [6.45, 7) is 3.37. The van der Waals surface area contributed by atoms with E-state index in [-0.39, 0.29) is 17.2 Å². The summed E-state index contributed by atoms with van der Waals surface area (Å²) in [6.07, 6.45) is 0. The van der Waals surface area contributed by atoms with Gasteiger partial charge in [0.25, 0.3) is 5.69 Å². The number of nitrogens with zero attached hydrogens (tertiary/aromatic N) is 1. The van der Waals surface area contributed by atoms with Crippen LogP contribution in [-0.4, -0.2) is 4.92 Å². The van der Waals surface area contributed by atoms with E-state index >= 15 is 0 Å². The topological polar surface area (TPSA) is 55.2 Å². The van der Waals surface area contributed by atoms with E-state index in [0.717, 1.165) is 18.2 Å². The molecule has 6 heteroatoms. The molecule has 0 amide bonds. The van der Waals surface area contributed by atoms with Crippen molar-refractivity contribution in [2.45, 2.75) is 19.9 Å². The van der Waals surface area contributed by atoms with E-state index in [2.05, 4.69) is 5.32 Å². The van der Waals surface area contributed by atoms with Crippen molar-refractivity contribution in [3.63, 3.8) is 0 Å². The second-order valence-corrected chi connectivity index (χ2v) is 4.80. The number of rotatable bonds is 4. The highest BCUT2D eigenvalue weighted by Gasteiger charge is 2.14. The number of anilines is 1. The van der Waals surface area contributed by atoms with Gasteiger partial charge in [-0.3, -0.25) is 10.1 Å². The van der Waals surface area contributed by atoms with Gasteiger partial charge in [-0.05, 0) is 37.1 Å². The summed E-state index contributed by atoms with van der Waals surface area (Å²) in [4.78, 5) is 10.1. The van der Waals surface area contributed by atoms with Crippen LogP contribution in [0.1, 0.15) is 24.1 Å². The van der Waals surface area contributed by atoms with Crippen LogP contribution in [0.2, 0.25) is 0 Å². The largest absolute Gasteiger partial charge is 0.376 e. The molecule has 0 aliphatic heterocycles. The summed E-state index contributed by atoms with van der Waals surface area (Å²) >= 11 is 0. The Labute approximate surface area is 120 Å². The first-order chi connectivity index (χ1) is 9.88. The minimum atomic E-state index is -0.597. The summed E-state index contributed by atoms with van der Waals surface area (Å²) in [6, 6.07) is 7.58. The van der Waals surface area contributed by atoms with E-state index in [0.29, 0.717) is 11.1 Å². The summed E-state index contributed by atoms with van der Waals surface area (Å²) in [5.74, 6) is -0.944. The molecule has 0 saturated carbocycles. The van der Waals surface area contributed by atoms with Crippen LogP contribution in [0.4, 0.5) is 20.2 Å². The average Bonchev–Trinajstić information content (AvgIpc) is 2.43. The lowest BCUT2D eigenvalue weighted by Gasteiger charge is -2.16. The second kappa shape index (κ2) is 5.87. The van der Waals surface area contributed by atoms with Crippen molar-refractivity contribution in [1.29, 1.82) is 0 Å². The van der Waals surface area contributed by atoms with Crippen LogP contribution in [0.25, 0.3) is 0 Å². The maximum Gasteiger partial charge on any atom is 0.271 e. The lowest BCUT2D eigenvalue weighted by molar-refractivity contribution is -0.384. The molecule has 110 valence electrons. The van der Waals surface area contributed by atoms with Gasteiger partial charge in [0, 0.05) is 18.2 Å². The van der Waals surface area contributed by atoms with Crippen LogP contribution < -0.4 is 5.32 Å². The van der Waals surface area contributed by atoms with Gasteiger partial charge in [-0.1, -0.05) is 12.1 Å². The van der Waals surface area contributed by atoms with E-state index in [1.165, 1.54) is 6.07 Å². The highest BCUT2D eigenvalue weighted by Crippen LogP contribution is 2.26. The summed E-state index contributed by atoms with van der Waals surface area (Å²) in [5, 5.41) is 13.5. The Kier molecular flexibility index (Phi) is 4.16.